The van der Waals surface area contributed by atoms with Crippen molar-refractivity contribution in [1.29, 1.82) is 0 Å². The summed E-state index contributed by atoms with van der Waals surface area (Å²) in [5, 5.41) is 24.5. The zero-order valence-electron chi connectivity index (χ0n) is 22.2. The number of hydrogen-bond acceptors (Lipinski definition) is 3. The monoisotopic (exact) mass is 468 g/mol. The summed E-state index contributed by atoms with van der Waals surface area (Å²) in [6, 6.07) is 8.24. The van der Waals surface area contributed by atoms with Crippen molar-refractivity contribution in [3.8, 4) is 11.5 Å². The van der Waals surface area contributed by atoms with Crippen molar-refractivity contribution in [2.24, 2.45) is 0 Å². The highest BCUT2D eigenvalue weighted by Crippen LogP contribution is 2.42. The first kappa shape index (κ1) is 28.9. The van der Waals surface area contributed by atoms with Crippen LogP contribution < -0.4 is 0 Å². The molecule has 0 aromatic heterocycles. The molecule has 2 aromatic rings. The topological polar surface area (TPSA) is 40.5 Å². The number of aryl methyl sites for hydroxylation is 2. The molecule has 0 saturated carbocycles. The van der Waals surface area contributed by atoms with Crippen LogP contribution in [0.4, 0.5) is 0 Å². The lowest BCUT2D eigenvalue weighted by atomic mass is 9.76. The van der Waals surface area contributed by atoms with Crippen LogP contribution in [-0.4, -0.2) is 10.2 Å². The van der Waals surface area contributed by atoms with E-state index in [-0.39, 0.29) is 16.7 Å². The average molecular weight is 469 g/mol. The number of phenolic OH excluding ortho intramolecular Hbond substituents is 2. The Labute approximate surface area is 206 Å². The van der Waals surface area contributed by atoms with Gasteiger partial charge in [-0.15, -0.1) is 11.8 Å². The van der Waals surface area contributed by atoms with Crippen molar-refractivity contribution in [2.45, 2.75) is 91.9 Å². The van der Waals surface area contributed by atoms with E-state index in [2.05, 4.69) is 87.6 Å². The van der Waals surface area contributed by atoms with Gasteiger partial charge in [-0.05, 0) is 87.4 Å². The summed E-state index contributed by atoms with van der Waals surface area (Å²) in [7, 11) is 0. The second-order valence-corrected chi connectivity index (χ2v) is 11.7. The molecule has 0 radical (unpaired) electrons. The Morgan fingerprint density at radius 3 is 1.39 bits per heavy atom. The van der Waals surface area contributed by atoms with Crippen LogP contribution >= 0.6 is 11.8 Å². The Morgan fingerprint density at radius 1 is 0.788 bits per heavy atom. The third-order valence-corrected chi connectivity index (χ3v) is 6.29. The number of aromatic hydroxyl groups is 2. The van der Waals surface area contributed by atoms with Gasteiger partial charge >= 0.3 is 0 Å². The van der Waals surface area contributed by atoms with E-state index in [9.17, 15) is 10.2 Å². The van der Waals surface area contributed by atoms with Gasteiger partial charge in [0, 0.05) is 5.92 Å². The molecule has 0 saturated heterocycles. The van der Waals surface area contributed by atoms with Crippen LogP contribution in [0.15, 0.2) is 48.2 Å². The van der Waals surface area contributed by atoms with E-state index in [1.54, 1.807) is 10.8 Å². The van der Waals surface area contributed by atoms with E-state index in [1.807, 2.05) is 12.1 Å². The zero-order chi connectivity index (χ0) is 25.6. The third-order valence-electron chi connectivity index (χ3n) is 5.91. The number of rotatable bonds is 6. The number of thioether (sulfide) groups is 1. The summed E-state index contributed by atoms with van der Waals surface area (Å²) in [5.41, 5.74) is 6.52. The molecular formula is C30H44O2S. The quantitative estimate of drug-likeness (QED) is 0.444. The Kier molecular flexibility index (Phi) is 10.4. The minimum Gasteiger partial charge on any atom is -0.508 e. The van der Waals surface area contributed by atoms with Gasteiger partial charge < -0.3 is 10.2 Å². The SMILES string of the molecule is C=CSC=C.CCCC(c1cc(C(C)(C)C)c(O)cc1C)c1cc(C(C)(C)C)c(O)cc1C. The highest BCUT2D eigenvalue weighted by Gasteiger charge is 2.26. The highest BCUT2D eigenvalue weighted by atomic mass is 32.2. The summed E-state index contributed by atoms with van der Waals surface area (Å²) in [6.45, 7) is 26.1. The lowest BCUT2D eigenvalue weighted by molar-refractivity contribution is 0.445. The van der Waals surface area contributed by atoms with Crippen LogP contribution in [0.1, 0.15) is 101 Å². The third kappa shape index (κ3) is 7.71. The van der Waals surface area contributed by atoms with Gasteiger partial charge in [0.2, 0.25) is 0 Å². The first-order chi connectivity index (χ1) is 15.2. The van der Waals surface area contributed by atoms with E-state index in [1.165, 1.54) is 22.9 Å². The largest absolute Gasteiger partial charge is 0.508 e. The summed E-state index contributed by atoms with van der Waals surface area (Å²) in [6.07, 6.45) is 2.10. The minimum absolute atomic E-state index is 0.121. The minimum atomic E-state index is -0.121. The van der Waals surface area contributed by atoms with E-state index < -0.39 is 0 Å². The second-order valence-electron chi connectivity index (χ2n) is 10.8. The second kappa shape index (κ2) is 11.8. The highest BCUT2D eigenvalue weighted by molar-refractivity contribution is 8.04. The molecule has 0 bridgehead atoms. The molecule has 2 rings (SSSR count). The maximum atomic E-state index is 10.5. The van der Waals surface area contributed by atoms with Crippen LogP contribution in [0, 0.1) is 13.8 Å². The van der Waals surface area contributed by atoms with Crippen LogP contribution in [0.3, 0.4) is 0 Å². The maximum absolute atomic E-state index is 10.5. The molecule has 182 valence electrons. The van der Waals surface area contributed by atoms with Crippen molar-refractivity contribution in [2.75, 3.05) is 0 Å². The summed E-state index contributed by atoms with van der Waals surface area (Å²) in [4.78, 5) is 0. The van der Waals surface area contributed by atoms with Gasteiger partial charge in [0.05, 0.1) is 0 Å². The molecule has 0 aliphatic heterocycles. The molecule has 33 heavy (non-hydrogen) atoms. The Hall–Kier alpha value is -2.13. The number of phenols is 2. The molecule has 0 heterocycles. The van der Waals surface area contributed by atoms with Crippen molar-refractivity contribution in [3.63, 3.8) is 0 Å². The Balaban J connectivity index is 0.000000981. The summed E-state index contributed by atoms with van der Waals surface area (Å²) >= 11 is 1.49. The van der Waals surface area contributed by atoms with Gasteiger partial charge in [0.25, 0.3) is 0 Å². The zero-order valence-corrected chi connectivity index (χ0v) is 23.0. The standard InChI is InChI=1S/C26H38O2.C4H6S/c1-10-11-18(19-14-21(25(4,5)6)23(27)12-16(19)2)20-15-22(26(7,8)9)24(28)13-17(20)3;1-3-5-4-2/h12-15,18,27-28H,10-11H2,1-9H3;3-4H,1-2H2. The summed E-state index contributed by atoms with van der Waals surface area (Å²) < 4.78 is 0. The van der Waals surface area contributed by atoms with Crippen molar-refractivity contribution < 1.29 is 10.2 Å². The molecule has 0 unspecified atom stereocenters. The predicted octanol–water partition coefficient (Wildman–Crippen LogP) is 9.25. The van der Waals surface area contributed by atoms with Crippen LogP contribution in [0.25, 0.3) is 0 Å². The van der Waals surface area contributed by atoms with Crippen LogP contribution in [0.5, 0.6) is 11.5 Å². The van der Waals surface area contributed by atoms with Crippen molar-refractivity contribution in [1.82, 2.24) is 0 Å². The molecule has 2 nitrogen and oxygen atoms in total. The lowest BCUT2D eigenvalue weighted by Gasteiger charge is -2.29. The number of hydrogen-bond donors (Lipinski definition) is 2. The molecule has 3 heteroatoms. The van der Waals surface area contributed by atoms with Gasteiger partial charge in [0.15, 0.2) is 0 Å². The van der Waals surface area contributed by atoms with Crippen molar-refractivity contribution >= 4 is 11.8 Å². The van der Waals surface area contributed by atoms with E-state index in [4.69, 9.17) is 0 Å². The molecule has 2 aromatic carbocycles. The fourth-order valence-corrected chi connectivity index (χ4v) is 4.34. The van der Waals surface area contributed by atoms with Gasteiger partial charge in [-0.25, -0.2) is 0 Å². The Bertz CT molecular complexity index is 883. The maximum Gasteiger partial charge on any atom is 0.119 e. The smallest absolute Gasteiger partial charge is 0.119 e. The molecule has 0 aliphatic carbocycles. The molecule has 0 atom stereocenters. The lowest BCUT2D eigenvalue weighted by Crippen LogP contribution is -2.16. The first-order valence-corrected chi connectivity index (χ1v) is 12.7. The summed E-state index contributed by atoms with van der Waals surface area (Å²) in [5.74, 6) is 0.997. The van der Waals surface area contributed by atoms with Gasteiger partial charge in [-0.2, -0.15) is 0 Å². The Morgan fingerprint density at radius 2 is 1.15 bits per heavy atom. The number of benzene rings is 2. The fourth-order valence-electron chi connectivity index (χ4n) is 4.21. The average Bonchev–Trinajstić information content (AvgIpc) is 2.66. The van der Waals surface area contributed by atoms with E-state index in [0.29, 0.717) is 11.5 Å². The van der Waals surface area contributed by atoms with Crippen LogP contribution in [0.2, 0.25) is 0 Å². The van der Waals surface area contributed by atoms with Gasteiger partial charge in [-0.1, -0.05) is 80.2 Å². The molecule has 0 fully saturated rings. The molecular weight excluding hydrogens is 424 g/mol. The van der Waals surface area contributed by atoms with E-state index in [0.717, 1.165) is 35.1 Å². The molecule has 0 spiro atoms. The van der Waals surface area contributed by atoms with Crippen LogP contribution in [-0.2, 0) is 10.8 Å². The molecule has 2 N–H and O–H groups in total. The molecule has 0 amide bonds. The normalized spacial score (nSPS) is 11.7. The van der Waals surface area contributed by atoms with Gasteiger partial charge in [-0.3, -0.25) is 0 Å². The van der Waals surface area contributed by atoms with Gasteiger partial charge in [0.1, 0.15) is 11.5 Å². The van der Waals surface area contributed by atoms with E-state index >= 15 is 0 Å². The fraction of sp³-hybridized carbons (Fsp3) is 0.467. The van der Waals surface area contributed by atoms with Crippen molar-refractivity contribution in [3.05, 3.63) is 81.6 Å². The molecule has 0 aliphatic rings. The predicted molar refractivity (Wildman–Crippen MR) is 148 cm³/mol. The first-order valence-electron chi connectivity index (χ1n) is 11.7.